The topological polar surface area (TPSA) is 70.7 Å². The zero-order valence-electron chi connectivity index (χ0n) is 14.7. The van der Waals surface area contributed by atoms with Crippen LogP contribution in [0.1, 0.15) is 19.3 Å². The number of amides is 2. The van der Waals surface area contributed by atoms with Crippen molar-refractivity contribution < 1.29 is 14.3 Å². The molecule has 0 spiro atoms. The van der Waals surface area contributed by atoms with Crippen LogP contribution in [0.4, 0.5) is 0 Å². The van der Waals surface area contributed by atoms with Gasteiger partial charge in [-0.15, -0.1) is 12.4 Å². The molecule has 1 aliphatic heterocycles. The third kappa shape index (κ3) is 7.75. The summed E-state index contributed by atoms with van der Waals surface area (Å²) in [5, 5.41) is 5.80. The molecule has 1 aromatic carbocycles. The van der Waals surface area contributed by atoms with E-state index in [1.165, 1.54) is 0 Å². The molecular formula is C18H28ClN3O3. The number of nitrogens with one attached hydrogen (secondary N) is 2. The predicted octanol–water partition coefficient (Wildman–Crippen LogP) is 1.45. The van der Waals surface area contributed by atoms with Crippen molar-refractivity contribution in [3.8, 4) is 5.75 Å². The first-order chi connectivity index (χ1) is 11.7. The van der Waals surface area contributed by atoms with Crippen LogP contribution in [0, 0.1) is 5.92 Å². The zero-order chi connectivity index (χ0) is 17.2. The van der Waals surface area contributed by atoms with Crippen LogP contribution in [0.15, 0.2) is 30.3 Å². The molecule has 1 fully saturated rings. The number of piperidine rings is 1. The van der Waals surface area contributed by atoms with Gasteiger partial charge in [0, 0.05) is 13.1 Å². The number of hydrogen-bond donors (Lipinski definition) is 2. The fourth-order valence-electron chi connectivity index (χ4n) is 2.82. The summed E-state index contributed by atoms with van der Waals surface area (Å²) in [5.74, 6) is 1.03. The highest BCUT2D eigenvalue weighted by molar-refractivity contribution is 5.85. The lowest BCUT2D eigenvalue weighted by Gasteiger charge is -2.32. The van der Waals surface area contributed by atoms with Gasteiger partial charge in [0.1, 0.15) is 5.75 Å². The van der Waals surface area contributed by atoms with Crippen LogP contribution >= 0.6 is 12.4 Å². The molecule has 2 rings (SSSR count). The lowest BCUT2D eigenvalue weighted by atomic mass is 9.93. The molecule has 2 N–H and O–H groups in total. The molecule has 7 heteroatoms. The molecular weight excluding hydrogens is 342 g/mol. The van der Waals surface area contributed by atoms with Gasteiger partial charge in [0.2, 0.25) is 5.91 Å². The number of ether oxygens (including phenoxy) is 1. The summed E-state index contributed by atoms with van der Waals surface area (Å²) in [6.45, 7) is 2.55. The average Bonchev–Trinajstić information content (AvgIpc) is 2.64. The monoisotopic (exact) mass is 369 g/mol. The largest absolute Gasteiger partial charge is 0.484 e. The second-order valence-electron chi connectivity index (χ2n) is 6.09. The van der Waals surface area contributed by atoms with E-state index in [0.29, 0.717) is 11.7 Å². The van der Waals surface area contributed by atoms with Crippen LogP contribution in [0.25, 0.3) is 0 Å². The van der Waals surface area contributed by atoms with Crippen molar-refractivity contribution in [3.05, 3.63) is 30.3 Å². The number of hydrogen-bond acceptors (Lipinski definition) is 4. The Bertz CT molecular complexity index is 520. The molecule has 0 bridgehead atoms. The van der Waals surface area contributed by atoms with E-state index in [9.17, 15) is 9.59 Å². The summed E-state index contributed by atoms with van der Waals surface area (Å²) in [5.41, 5.74) is 0. The van der Waals surface area contributed by atoms with Gasteiger partial charge in [0.15, 0.2) is 6.61 Å². The number of benzene rings is 1. The van der Waals surface area contributed by atoms with Crippen LogP contribution < -0.4 is 15.4 Å². The average molecular weight is 370 g/mol. The Morgan fingerprint density at radius 3 is 2.52 bits per heavy atom. The normalized spacial score (nSPS) is 14.5. The van der Waals surface area contributed by atoms with Crippen molar-refractivity contribution >= 4 is 24.2 Å². The quantitative estimate of drug-likeness (QED) is 0.727. The first kappa shape index (κ1) is 21.3. The van der Waals surface area contributed by atoms with E-state index in [1.807, 2.05) is 30.1 Å². The number of nitrogens with zero attached hydrogens (tertiary/aromatic N) is 1. The molecule has 0 aliphatic carbocycles. The molecule has 0 atom stereocenters. The lowest BCUT2D eigenvalue weighted by molar-refractivity contribution is -0.134. The highest BCUT2D eigenvalue weighted by Gasteiger charge is 2.22. The number of halogens is 1. The van der Waals surface area contributed by atoms with Gasteiger partial charge in [-0.25, -0.2) is 0 Å². The maximum absolute atomic E-state index is 12.2. The molecule has 0 saturated carbocycles. The molecule has 6 nitrogen and oxygen atoms in total. The molecule has 2 amide bonds. The fraction of sp³-hybridized carbons (Fsp3) is 0.556. The summed E-state index contributed by atoms with van der Waals surface area (Å²) < 4.78 is 5.35. The maximum atomic E-state index is 12.2. The van der Waals surface area contributed by atoms with E-state index < -0.39 is 0 Å². The fourth-order valence-corrected chi connectivity index (χ4v) is 2.82. The van der Waals surface area contributed by atoms with Crippen molar-refractivity contribution in [2.75, 3.05) is 39.8 Å². The Labute approximate surface area is 155 Å². The van der Waals surface area contributed by atoms with Gasteiger partial charge in [-0.05, 0) is 50.9 Å². The van der Waals surface area contributed by atoms with Crippen LogP contribution in [-0.2, 0) is 9.59 Å². The smallest absolute Gasteiger partial charge is 0.258 e. The number of carbonyl (C=O) groups is 2. The third-order valence-corrected chi connectivity index (χ3v) is 4.32. The summed E-state index contributed by atoms with van der Waals surface area (Å²) in [4.78, 5) is 25.8. The van der Waals surface area contributed by atoms with Crippen molar-refractivity contribution in [2.45, 2.75) is 19.3 Å². The number of rotatable bonds is 8. The van der Waals surface area contributed by atoms with Crippen molar-refractivity contribution in [1.29, 1.82) is 0 Å². The SMILES string of the molecule is CNCCC1CCN(C(=O)CNC(=O)COc2ccccc2)CC1.Cl. The highest BCUT2D eigenvalue weighted by Crippen LogP contribution is 2.19. The van der Waals surface area contributed by atoms with Crippen LogP contribution in [0.2, 0.25) is 0 Å². The van der Waals surface area contributed by atoms with Gasteiger partial charge in [-0.3, -0.25) is 9.59 Å². The number of carbonyl (C=O) groups excluding carboxylic acids is 2. The van der Waals surface area contributed by atoms with Crippen LogP contribution in [0.5, 0.6) is 5.75 Å². The van der Waals surface area contributed by atoms with E-state index in [1.54, 1.807) is 12.1 Å². The molecule has 0 radical (unpaired) electrons. The Morgan fingerprint density at radius 2 is 1.88 bits per heavy atom. The van der Waals surface area contributed by atoms with Crippen molar-refractivity contribution in [3.63, 3.8) is 0 Å². The highest BCUT2D eigenvalue weighted by atomic mass is 35.5. The Morgan fingerprint density at radius 1 is 1.20 bits per heavy atom. The van der Waals surface area contributed by atoms with E-state index >= 15 is 0 Å². The molecule has 1 saturated heterocycles. The van der Waals surface area contributed by atoms with Gasteiger partial charge >= 0.3 is 0 Å². The molecule has 0 aromatic heterocycles. The second-order valence-corrected chi connectivity index (χ2v) is 6.09. The third-order valence-electron chi connectivity index (χ3n) is 4.32. The molecule has 0 unspecified atom stereocenters. The second kappa shape index (κ2) is 11.7. The summed E-state index contributed by atoms with van der Waals surface area (Å²) >= 11 is 0. The standard InChI is InChI=1S/C18H27N3O3.ClH/c1-19-10-7-15-8-11-21(12-9-15)18(23)13-20-17(22)14-24-16-5-3-2-4-6-16;/h2-6,15,19H,7-14H2,1H3,(H,20,22);1H. The van der Waals surface area contributed by atoms with E-state index in [4.69, 9.17) is 4.74 Å². The van der Waals surface area contributed by atoms with E-state index in [0.717, 1.165) is 38.9 Å². The van der Waals surface area contributed by atoms with E-state index in [2.05, 4.69) is 10.6 Å². The summed E-state index contributed by atoms with van der Waals surface area (Å²) in [6.07, 6.45) is 3.24. The minimum atomic E-state index is -0.281. The van der Waals surface area contributed by atoms with Gasteiger partial charge in [0.25, 0.3) is 5.91 Å². The summed E-state index contributed by atoms with van der Waals surface area (Å²) in [6, 6.07) is 9.15. The number of likely N-dealkylation sites (tertiary alicyclic amines) is 1. The van der Waals surface area contributed by atoms with E-state index in [-0.39, 0.29) is 37.4 Å². The molecule has 1 aliphatic rings. The first-order valence-electron chi connectivity index (χ1n) is 8.56. The minimum absolute atomic E-state index is 0. The molecule has 1 heterocycles. The number of para-hydroxylation sites is 1. The molecule has 1 aromatic rings. The first-order valence-corrected chi connectivity index (χ1v) is 8.56. The van der Waals surface area contributed by atoms with Crippen molar-refractivity contribution in [2.24, 2.45) is 5.92 Å². The zero-order valence-corrected chi connectivity index (χ0v) is 15.5. The molecule has 25 heavy (non-hydrogen) atoms. The van der Waals surface area contributed by atoms with Gasteiger partial charge in [-0.2, -0.15) is 0 Å². The predicted molar refractivity (Wildman–Crippen MR) is 100 cm³/mol. The van der Waals surface area contributed by atoms with Gasteiger partial charge in [-0.1, -0.05) is 18.2 Å². The maximum Gasteiger partial charge on any atom is 0.258 e. The Hall–Kier alpha value is -1.79. The van der Waals surface area contributed by atoms with Crippen LogP contribution in [-0.4, -0.2) is 56.5 Å². The minimum Gasteiger partial charge on any atom is -0.484 e. The Kier molecular flexibility index (Phi) is 9.96. The molecule has 140 valence electrons. The van der Waals surface area contributed by atoms with Gasteiger partial charge < -0.3 is 20.3 Å². The van der Waals surface area contributed by atoms with Gasteiger partial charge in [0.05, 0.1) is 6.54 Å². The lowest BCUT2D eigenvalue weighted by Crippen LogP contribution is -2.45. The van der Waals surface area contributed by atoms with Crippen LogP contribution in [0.3, 0.4) is 0 Å². The summed E-state index contributed by atoms with van der Waals surface area (Å²) in [7, 11) is 1.96. The van der Waals surface area contributed by atoms with Crippen molar-refractivity contribution in [1.82, 2.24) is 15.5 Å². The Balaban J connectivity index is 0.00000312.